The number of rotatable bonds is 67. The molecule has 0 aromatic carbocycles. The van der Waals surface area contributed by atoms with Crippen molar-refractivity contribution in [2.24, 2.45) is 0 Å². The van der Waals surface area contributed by atoms with Crippen molar-refractivity contribution in [3.8, 4) is 0 Å². The van der Waals surface area contributed by atoms with E-state index in [0.717, 1.165) is 77.0 Å². The topological polar surface area (TPSA) is 78.9 Å². The third-order valence-corrected chi connectivity index (χ3v) is 16.2. The summed E-state index contributed by atoms with van der Waals surface area (Å²) in [5, 5.41) is 0. The highest BCUT2D eigenvalue weighted by Gasteiger charge is 2.19. The highest BCUT2D eigenvalue weighted by Crippen LogP contribution is 2.18. The van der Waals surface area contributed by atoms with E-state index in [-0.39, 0.29) is 31.1 Å². The van der Waals surface area contributed by atoms with Gasteiger partial charge in [-0.05, 0) is 109 Å². The molecule has 1 unspecified atom stereocenters. The molecule has 82 heavy (non-hydrogen) atoms. The van der Waals surface area contributed by atoms with E-state index < -0.39 is 6.10 Å². The van der Waals surface area contributed by atoms with Crippen molar-refractivity contribution in [3.63, 3.8) is 0 Å². The van der Waals surface area contributed by atoms with Crippen LogP contribution in [0.25, 0.3) is 0 Å². The van der Waals surface area contributed by atoms with E-state index in [1.54, 1.807) is 0 Å². The fourth-order valence-corrected chi connectivity index (χ4v) is 10.7. The van der Waals surface area contributed by atoms with Crippen molar-refractivity contribution in [3.05, 3.63) is 60.8 Å². The molecule has 0 aliphatic carbocycles. The van der Waals surface area contributed by atoms with Gasteiger partial charge in [-0.3, -0.25) is 14.4 Å². The molecule has 478 valence electrons. The van der Waals surface area contributed by atoms with Crippen LogP contribution < -0.4 is 0 Å². The Morgan fingerprint density at radius 3 is 0.707 bits per heavy atom. The Kier molecular flexibility index (Phi) is 68.1. The SMILES string of the molecule is CCCCC/C=C\CCCCCCCC(=O)OCC(COC(=O)CCCCCCCCCCCCCCCCC/C=C\C/C=C\CCCCCCC)OC(=O)CCCCCCCCCCCCCCC/C=C\C/C=C\CCCCCCC. The Bertz CT molecular complexity index is 1460. The Labute approximate surface area is 510 Å². The van der Waals surface area contributed by atoms with E-state index in [9.17, 15) is 14.4 Å². The predicted molar refractivity (Wildman–Crippen MR) is 358 cm³/mol. The van der Waals surface area contributed by atoms with Gasteiger partial charge >= 0.3 is 17.9 Å². The zero-order valence-electron chi connectivity index (χ0n) is 55.0. The summed E-state index contributed by atoms with van der Waals surface area (Å²) in [6, 6.07) is 0. The number of ether oxygens (including phenoxy) is 3. The maximum absolute atomic E-state index is 13.0. The lowest BCUT2D eigenvalue weighted by atomic mass is 10.0. The summed E-state index contributed by atoms with van der Waals surface area (Å²) < 4.78 is 17.0. The molecule has 0 fully saturated rings. The molecule has 0 saturated heterocycles. The van der Waals surface area contributed by atoms with Crippen molar-refractivity contribution in [1.29, 1.82) is 0 Å². The molecule has 0 rings (SSSR count). The van der Waals surface area contributed by atoms with Gasteiger partial charge in [-0.25, -0.2) is 0 Å². The standard InChI is InChI=1S/C76H138O6/c1-4-7-10-13-16-19-22-25-27-29-31-33-35-37-38-40-41-43-45-47-49-51-54-57-60-63-66-69-75(78)81-72-73(71-80-74(77)68-65-62-59-56-53-24-21-18-15-12-9-6-3)82-76(79)70-67-64-61-58-55-52-50-48-46-44-42-39-36-34-32-30-28-26-23-20-17-14-11-8-5-2/h18,21-23,25-26,29-32,73H,4-17,19-20,24,27-28,33-72H2,1-3H3/b21-18-,25-22-,26-23-,31-29-,32-30-. The van der Waals surface area contributed by atoms with Gasteiger partial charge in [0.15, 0.2) is 6.10 Å². The van der Waals surface area contributed by atoms with Crippen LogP contribution in [0.1, 0.15) is 387 Å². The molecule has 0 heterocycles. The van der Waals surface area contributed by atoms with Crippen molar-refractivity contribution in [2.45, 2.75) is 393 Å². The summed E-state index contributed by atoms with van der Waals surface area (Å²) in [6.07, 6.45) is 91.1. The Morgan fingerprint density at radius 1 is 0.244 bits per heavy atom. The van der Waals surface area contributed by atoms with Gasteiger partial charge in [0.05, 0.1) is 0 Å². The van der Waals surface area contributed by atoms with E-state index in [0.29, 0.717) is 19.3 Å². The minimum Gasteiger partial charge on any atom is -0.462 e. The molecule has 0 bridgehead atoms. The monoisotopic (exact) mass is 1150 g/mol. The molecular formula is C76H138O6. The summed E-state index contributed by atoms with van der Waals surface area (Å²) in [7, 11) is 0. The first-order chi connectivity index (χ1) is 40.5. The van der Waals surface area contributed by atoms with Crippen molar-refractivity contribution in [2.75, 3.05) is 13.2 Å². The number of unbranched alkanes of at least 4 members (excludes halogenated alkanes) is 46. The fourth-order valence-electron chi connectivity index (χ4n) is 10.7. The molecule has 0 aliphatic rings. The van der Waals surface area contributed by atoms with E-state index in [1.165, 1.54) is 270 Å². The third kappa shape index (κ3) is 67.9. The molecule has 0 spiro atoms. The van der Waals surface area contributed by atoms with Gasteiger partial charge in [0.2, 0.25) is 0 Å². The zero-order valence-corrected chi connectivity index (χ0v) is 55.0. The maximum atomic E-state index is 13.0. The van der Waals surface area contributed by atoms with Crippen LogP contribution in [0.4, 0.5) is 0 Å². The van der Waals surface area contributed by atoms with E-state index in [1.807, 2.05) is 0 Å². The summed E-state index contributed by atoms with van der Waals surface area (Å²) in [4.78, 5) is 38.4. The fraction of sp³-hybridized carbons (Fsp3) is 0.829. The molecule has 0 amide bonds. The van der Waals surface area contributed by atoms with Gasteiger partial charge in [0.1, 0.15) is 13.2 Å². The first-order valence-electron chi connectivity index (χ1n) is 36.3. The van der Waals surface area contributed by atoms with Crippen LogP contribution in [0.2, 0.25) is 0 Å². The molecule has 0 radical (unpaired) electrons. The smallest absolute Gasteiger partial charge is 0.306 e. The summed E-state index contributed by atoms with van der Waals surface area (Å²) in [5.41, 5.74) is 0. The van der Waals surface area contributed by atoms with Crippen LogP contribution in [0.15, 0.2) is 60.8 Å². The first kappa shape index (κ1) is 79.1. The molecule has 6 nitrogen and oxygen atoms in total. The Hall–Kier alpha value is -2.89. The number of carbonyl (C=O) groups is 3. The lowest BCUT2D eigenvalue weighted by molar-refractivity contribution is -0.167. The van der Waals surface area contributed by atoms with E-state index in [4.69, 9.17) is 14.2 Å². The summed E-state index contributed by atoms with van der Waals surface area (Å²) in [6.45, 7) is 6.65. The highest BCUT2D eigenvalue weighted by atomic mass is 16.6. The number of allylic oxidation sites excluding steroid dienone is 10. The normalized spacial score (nSPS) is 12.4. The highest BCUT2D eigenvalue weighted by molar-refractivity contribution is 5.71. The van der Waals surface area contributed by atoms with E-state index in [2.05, 4.69) is 81.5 Å². The predicted octanol–water partition coefficient (Wildman–Crippen LogP) is 25.1. The van der Waals surface area contributed by atoms with Crippen molar-refractivity contribution < 1.29 is 28.6 Å². The van der Waals surface area contributed by atoms with Crippen LogP contribution in [0.5, 0.6) is 0 Å². The average Bonchev–Trinajstić information content (AvgIpc) is 3.48. The molecule has 1 atom stereocenters. The second kappa shape index (κ2) is 70.6. The van der Waals surface area contributed by atoms with Gasteiger partial charge < -0.3 is 14.2 Å². The van der Waals surface area contributed by atoms with Crippen LogP contribution in [-0.4, -0.2) is 37.2 Å². The van der Waals surface area contributed by atoms with Crippen molar-refractivity contribution >= 4 is 17.9 Å². The lowest BCUT2D eigenvalue weighted by Crippen LogP contribution is -2.30. The molecule has 0 saturated carbocycles. The van der Waals surface area contributed by atoms with Crippen LogP contribution >= 0.6 is 0 Å². The average molecular weight is 1150 g/mol. The van der Waals surface area contributed by atoms with Crippen LogP contribution in [0.3, 0.4) is 0 Å². The number of hydrogen-bond donors (Lipinski definition) is 0. The molecular weight excluding hydrogens is 1010 g/mol. The van der Waals surface area contributed by atoms with Crippen molar-refractivity contribution in [1.82, 2.24) is 0 Å². The minimum absolute atomic E-state index is 0.0736. The van der Waals surface area contributed by atoms with Gasteiger partial charge in [-0.2, -0.15) is 0 Å². The zero-order chi connectivity index (χ0) is 59.2. The first-order valence-corrected chi connectivity index (χ1v) is 36.3. The molecule has 0 aromatic rings. The van der Waals surface area contributed by atoms with Gasteiger partial charge in [-0.15, -0.1) is 0 Å². The van der Waals surface area contributed by atoms with Crippen LogP contribution in [-0.2, 0) is 28.6 Å². The summed E-state index contributed by atoms with van der Waals surface area (Å²) >= 11 is 0. The largest absolute Gasteiger partial charge is 0.462 e. The second-order valence-electron chi connectivity index (χ2n) is 24.5. The summed E-state index contributed by atoms with van der Waals surface area (Å²) in [5.74, 6) is -0.861. The van der Waals surface area contributed by atoms with Crippen LogP contribution in [0, 0.1) is 0 Å². The number of esters is 3. The lowest BCUT2D eigenvalue weighted by Gasteiger charge is -2.18. The van der Waals surface area contributed by atoms with E-state index >= 15 is 0 Å². The minimum atomic E-state index is -0.778. The molecule has 0 aliphatic heterocycles. The van der Waals surface area contributed by atoms with Gasteiger partial charge in [0, 0.05) is 19.3 Å². The molecule has 0 N–H and O–H groups in total. The molecule has 6 heteroatoms. The van der Waals surface area contributed by atoms with Gasteiger partial charge in [0.25, 0.3) is 0 Å². The third-order valence-electron chi connectivity index (χ3n) is 16.2. The maximum Gasteiger partial charge on any atom is 0.306 e. The molecule has 0 aromatic heterocycles. The number of hydrogen-bond acceptors (Lipinski definition) is 6. The Morgan fingerprint density at radius 2 is 0.439 bits per heavy atom. The second-order valence-corrected chi connectivity index (χ2v) is 24.5. The van der Waals surface area contributed by atoms with Gasteiger partial charge in [-0.1, -0.05) is 319 Å². The Balaban J connectivity index is 4.21. The number of carbonyl (C=O) groups excluding carboxylic acids is 3. The quantitative estimate of drug-likeness (QED) is 0.0261.